The Morgan fingerprint density at radius 2 is 1.82 bits per heavy atom. The number of esters is 1. The van der Waals surface area contributed by atoms with Crippen molar-refractivity contribution in [2.24, 2.45) is 23.2 Å². The molecule has 4 aliphatic heterocycles. The van der Waals surface area contributed by atoms with Crippen LogP contribution in [0.15, 0.2) is 0 Å². The summed E-state index contributed by atoms with van der Waals surface area (Å²) in [6.45, 7) is 14.7. The normalized spacial score (nSPS) is 40.6. The predicted octanol–water partition coefficient (Wildman–Crippen LogP) is 2.04. The van der Waals surface area contributed by atoms with Crippen molar-refractivity contribution in [3.8, 4) is 0 Å². The van der Waals surface area contributed by atoms with Gasteiger partial charge in [-0.05, 0) is 87.0 Å². The smallest absolute Gasteiger partial charge is 0.319 e. The van der Waals surface area contributed by atoms with Crippen LogP contribution in [0.1, 0.15) is 60.3 Å². The fourth-order valence-electron chi connectivity index (χ4n) is 7.66. The van der Waals surface area contributed by atoms with Crippen LogP contribution in [0.3, 0.4) is 0 Å². The average molecular weight is 626 g/mol. The van der Waals surface area contributed by atoms with Gasteiger partial charge in [0.1, 0.15) is 18.1 Å². The molecule has 11 heteroatoms. The maximum absolute atomic E-state index is 14.1. The molecule has 5 unspecified atom stereocenters. The van der Waals surface area contributed by atoms with E-state index in [-0.39, 0.29) is 30.6 Å². The second-order valence-electron chi connectivity index (χ2n) is 14.9. The van der Waals surface area contributed by atoms with E-state index in [1.54, 1.807) is 27.9 Å². The van der Waals surface area contributed by atoms with Crippen molar-refractivity contribution in [3.05, 3.63) is 0 Å². The number of hydrogen-bond acceptors (Lipinski definition) is 11. The summed E-state index contributed by atoms with van der Waals surface area (Å²) < 4.78 is 30.4. The van der Waals surface area contributed by atoms with Crippen molar-refractivity contribution in [3.63, 3.8) is 0 Å². The quantitative estimate of drug-likeness (QED) is 0.332. The third-order valence-corrected chi connectivity index (χ3v) is 10.8. The molecular weight excluding hydrogens is 566 g/mol. The molecule has 0 aromatic rings. The number of cyclic esters (lactones) is 1. The second-order valence-corrected chi connectivity index (χ2v) is 14.9. The van der Waals surface area contributed by atoms with Crippen LogP contribution < -0.4 is 0 Å². The fraction of sp³-hybridized carbons (Fsp3) is 0.939. The van der Waals surface area contributed by atoms with Crippen molar-refractivity contribution < 1.29 is 38.4 Å². The molecule has 4 fully saturated rings. The van der Waals surface area contributed by atoms with Crippen LogP contribution in [0, 0.1) is 23.2 Å². The van der Waals surface area contributed by atoms with E-state index in [1.807, 2.05) is 32.8 Å². The molecule has 4 saturated heterocycles. The van der Waals surface area contributed by atoms with E-state index in [0.717, 1.165) is 52.2 Å². The lowest BCUT2D eigenvalue weighted by Gasteiger charge is -2.47. The fourth-order valence-corrected chi connectivity index (χ4v) is 7.66. The highest BCUT2D eigenvalue weighted by Gasteiger charge is 2.51. The molecule has 0 spiro atoms. The van der Waals surface area contributed by atoms with Crippen molar-refractivity contribution in [2.45, 2.75) is 103 Å². The van der Waals surface area contributed by atoms with E-state index in [1.165, 1.54) is 0 Å². The molecular formula is C33H59N3O8. The molecule has 4 heterocycles. The number of hydrogen-bond donors (Lipinski definition) is 1. The number of methoxy groups -OCH3 is 1. The van der Waals surface area contributed by atoms with Gasteiger partial charge in [-0.3, -0.25) is 14.5 Å². The number of rotatable bonds is 7. The van der Waals surface area contributed by atoms with E-state index in [0.29, 0.717) is 24.7 Å². The highest BCUT2D eigenvalue weighted by molar-refractivity contribution is 6.04. The van der Waals surface area contributed by atoms with Crippen LogP contribution in [0.25, 0.3) is 0 Å². The molecule has 0 aromatic heterocycles. The van der Waals surface area contributed by atoms with Crippen LogP contribution in [-0.4, -0.2) is 148 Å². The number of carbonyl (C=O) groups excluding carboxylic acids is 2. The molecule has 11 nitrogen and oxygen atoms in total. The molecule has 1 N–H and O–H groups in total. The first kappa shape index (κ1) is 35.7. The lowest BCUT2D eigenvalue weighted by atomic mass is 9.75. The summed E-state index contributed by atoms with van der Waals surface area (Å²) in [5, 5.41) is 11.3. The summed E-state index contributed by atoms with van der Waals surface area (Å²) in [6, 6.07) is -0.112. The third kappa shape index (κ3) is 7.85. The molecule has 0 amide bonds. The van der Waals surface area contributed by atoms with Gasteiger partial charge in [0.15, 0.2) is 12.1 Å². The maximum atomic E-state index is 14.1. The molecule has 44 heavy (non-hydrogen) atoms. The standard InChI is InChI=1S/C33H59N3O8/c1-21-15-25(34(6)7)27(37)30(43-21)44-29-22(2)28(38)32(3,4)31(39)42-20-26(35(8)13-10-12-33(29,5)40-9)24-17-36(18-24)16-23-11-14-41-19-23/h21-27,29-30,37H,10-20H2,1-9H3/t21?,22-,23?,25?,26?,27+,29+,30?,33+/m0/s1. The first-order valence-electron chi connectivity index (χ1n) is 16.6. The van der Waals surface area contributed by atoms with Gasteiger partial charge in [0.25, 0.3) is 0 Å². The van der Waals surface area contributed by atoms with Gasteiger partial charge in [0.05, 0.1) is 24.4 Å². The van der Waals surface area contributed by atoms with Crippen LogP contribution in [0.5, 0.6) is 0 Å². The predicted molar refractivity (Wildman–Crippen MR) is 166 cm³/mol. The number of Topliss-reactive ketones (excluding diaryl/α,β-unsaturated/α-hetero) is 1. The number of ketones is 1. The van der Waals surface area contributed by atoms with E-state index in [4.69, 9.17) is 23.7 Å². The number of likely N-dealkylation sites (N-methyl/N-ethyl adjacent to an activating group) is 2. The number of nitrogens with zero attached hydrogens (tertiary/aromatic N) is 3. The highest BCUT2D eigenvalue weighted by atomic mass is 16.7. The zero-order valence-electron chi connectivity index (χ0n) is 28.6. The third-order valence-electron chi connectivity index (χ3n) is 10.8. The Balaban J connectivity index is 1.54. The minimum atomic E-state index is -1.40. The Morgan fingerprint density at radius 1 is 1.11 bits per heavy atom. The van der Waals surface area contributed by atoms with E-state index >= 15 is 0 Å². The monoisotopic (exact) mass is 625 g/mol. The first-order valence-corrected chi connectivity index (χ1v) is 16.6. The van der Waals surface area contributed by atoms with E-state index in [9.17, 15) is 14.7 Å². The number of likely N-dealkylation sites (tertiary alicyclic amines) is 1. The van der Waals surface area contributed by atoms with Gasteiger partial charge in [0, 0.05) is 57.3 Å². The number of aliphatic hydroxyl groups is 1. The zero-order chi connectivity index (χ0) is 32.4. The van der Waals surface area contributed by atoms with Crippen LogP contribution in [0.4, 0.5) is 0 Å². The Hall–Kier alpha value is -1.18. The van der Waals surface area contributed by atoms with Crippen molar-refractivity contribution in [1.82, 2.24) is 14.7 Å². The molecule has 0 saturated carbocycles. The van der Waals surface area contributed by atoms with Gasteiger partial charge < -0.3 is 38.6 Å². The molecule has 0 aliphatic carbocycles. The Morgan fingerprint density at radius 3 is 2.43 bits per heavy atom. The van der Waals surface area contributed by atoms with E-state index < -0.39 is 41.4 Å². The van der Waals surface area contributed by atoms with Gasteiger partial charge in [0.2, 0.25) is 0 Å². The molecule has 254 valence electrons. The van der Waals surface area contributed by atoms with Crippen LogP contribution in [-0.2, 0) is 33.3 Å². The van der Waals surface area contributed by atoms with Crippen molar-refractivity contribution in [2.75, 3.05) is 74.3 Å². The Kier molecular flexibility index (Phi) is 11.9. The SMILES string of the molecule is CO[C@]1(C)CCCN(C)C(C2CN(CC3CCOC3)C2)COC(=O)C(C)(C)C(=O)[C@H](C)[C@H]1OC1OC(C)CC(N(C)C)[C@H]1O. The molecule has 9 atom stereocenters. The average Bonchev–Trinajstić information content (AvgIpc) is 3.47. The maximum Gasteiger partial charge on any atom is 0.319 e. The highest BCUT2D eigenvalue weighted by Crippen LogP contribution is 2.38. The summed E-state index contributed by atoms with van der Waals surface area (Å²) in [5.41, 5.74) is -2.28. The molecule has 4 aliphatic rings. The second kappa shape index (κ2) is 14.7. The Bertz CT molecular complexity index is 969. The molecule has 0 radical (unpaired) electrons. The van der Waals surface area contributed by atoms with Gasteiger partial charge in [-0.25, -0.2) is 0 Å². The van der Waals surface area contributed by atoms with E-state index in [2.05, 4.69) is 16.8 Å². The minimum Gasteiger partial charge on any atom is -0.463 e. The molecule has 4 rings (SSSR count). The zero-order valence-corrected chi connectivity index (χ0v) is 28.6. The summed E-state index contributed by atoms with van der Waals surface area (Å²) in [7, 11) is 7.59. The number of ether oxygens (including phenoxy) is 5. The van der Waals surface area contributed by atoms with Gasteiger partial charge in [-0.1, -0.05) is 6.92 Å². The minimum absolute atomic E-state index is 0.0511. The van der Waals surface area contributed by atoms with Crippen molar-refractivity contribution >= 4 is 11.8 Å². The lowest BCUT2D eigenvalue weighted by molar-refractivity contribution is -0.295. The van der Waals surface area contributed by atoms with Gasteiger partial charge in [-0.2, -0.15) is 0 Å². The van der Waals surface area contributed by atoms with Crippen LogP contribution in [0.2, 0.25) is 0 Å². The lowest BCUT2D eigenvalue weighted by Crippen LogP contribution is -2.59. The summed E-state index contributed by atoms with van der Waals surface area (Å²) in [4.78, 5) is 34.5. The largest absolute Gasteiger partial charge is 0.463 e. The topological polar surface area (TPSA) is 110 Å². The van der Waals surface area contributed by atoms with Gasteiger partial charge >= 0.3 is 5.97 Å². The summed E-state index contributed by atoms with van der Waals surface area (Å²) >= 11 is 0. The summed E-state index contributed by atoms with van der Waals surface area (Å²) in [6.07, 6.45) is 0.404. The number of aliphatic hydroxyl groups excluding tert-OH is 1. The molecule has 0 aromatic carbocycles. The summed E-state index contributed by atoms with van der Waals surface area (Å²) in [5.74, 6) is -0.573. The Labute approximate surface area is 264 Å². The first-order chi connectivity index (χ1) is 20.7. The molecule has 0 bridgehead atoms. The number of carbonyl (C=O) groups is 2. The van der Waals surface area contributed by atoms with Crippen molar-refractivity contribution in [1.29, 1.82) is 0 Å². The van der Waals surface area contributed by atoms with Gasteiger partial charge in [-0.15, -0.1) is 0 Å². The van der Waals surface area contributed by atoms with Crippen LogP contribution >= 0.6 is 0 Å².